The SMILES string of the molecule is CCc1ccc(N(C)O)s1. The summed E-state index contributed by atoms with van der Waals surface area (Å²) >= 11 is 1.62. The van der Waals surface area contributed by atoms with Gasteiger partial charge in [0.2, 0.25) is 0 Å². The number of nitrogens with zero attached hydrogens (tertiary/aromatic N) is 1. The maximum Gasteiger partial charge on any atom is 0.116 e. The molecule has 0 fully saturated rings. The van der Waals surface area contributed by atoms with Gasteiger partial charge in [0, 0.05) is 11.9 Å². The largest absolute Gasteiger partial charge is 0.288 e. The second kappa shape index (κ2) is 3.03. The monoisotopic (exact) mass is 157 g/mol. The van der Waals surface area contributed by atoms with Crippen molar-refractivity contribution in [3.8, 4) is 0 Å². The Hall–Kier alpha value is -0.540. The van der Waals surface area contributed by atoms with Crippen molar-refractivity contribution < 1.29 is 5.21 Å². The highest BCUT2D eigenvalue weighted by molar-refractivity contribution is 7.16. The van der Waals surface area contributed by atoms with Crippen LogP contribution in [0.4, 0.5) is 5.00 Å². The fourth-order valence-electron chi connectivity index (χ4n) is 0.731. The lowest BCUT2D eigenvalue weighted by atomic mass is 10.4. The van der Waals surface area contributed by atoms with E-state index in [-0.39, 0.29) is 0 Å². The first-order valence-electron chi connectivity index (χ1n) is 3.25. The first kappa shape index (κ1) is 7.57. The van der Waals surface area contributed by atoms with Crippen LogP contribution in [0, 0.1) is 0 Å². The molecule has 10 heavy (non-hydrogen) atoms. The Kier molecular flexibility index (Phi) is 2.29. The number of rotatable bonds is 2. The van der Waals surface area contributed by atoms with E-state index in [1.807, 2.05) is 12.1 Å². The Morgan fingerprint density at radius 3 is 2.60 bits per heavy atom. The molecule has 0 saturated heterocycles. The summed E-state index contributed by atoms with van der Waals surface area (Å²) in [4.78, 5) is 1.30. The van der Waals surface area contributed by atoms with Gasteiger partial charge >= 0.3 is 0 Å². The molecule has 0 spiro atoms. The van der Waals surface area contributed by atoms with E-state index in [1.54, 1.807) is 18.4 Å². The second-order valence-electron chi connectivity index (χ2n) is 2.12. The molecule has 0 aliphatic carbocycles. The lowest BCUT2D eigenvalue weighted by Crippen LogP contribution is -2.07. The van der Waals surface area contributed by atoms with Crippen molar-refractivity contribution in [2.24, 2.45) is 0 Å². The van der Waals surface area contributed by atoms with Gasteiger partial charge in [-0.25, -0.2) is 0 Å². The normalized spacial score (nSPS) is 9.90. The standard InChI is InChI=1S/C7H11NOS/c1-3-6-4-5-7(10-6)8(2)9/h4-5,9H,3H2,1-2H3. The lowest BCUT2D eigenvalue weighted by molar-refractivity contribution is 0.282. The number of thiophene rings is 1. The Morgan fingerprint density at radius 1 is 1.60 bits per heavy atom. The van der Waals surface area contributed by atoms with E-state index in [0.29, 0.717) is 0 Å². The molecule has 0 radical (unpaired) electrons. The zero-order chi connectivity index (χ0) is 7.56. The van der Waals surface area contributed by atoms with E-state index in [4.69, 9.17) is 5.21 Å². The quantitative estimate of drug-likeness (QED) is 0.665. The van der Waals surface area contributed by atoms with Crippen LogP contribution in [0.15, 0.2) is 12.1 Å². The topological polar surface area (TPSA) is 23.5 Å². The van der Waals surface area contributed by atoms with Crippen molar-refractivity contribution in [2.75, 3.05) is 12.1 Å². The third kappa shape index (κ3) is 1.49. The molecule has 1 N–H and O–H groups in total. The maximum absolute atomic E-state index is 8.98. The maximum atomic E-state index is 8.98. The van der Waals surface area contributed by atoms with Crippen LogP contribution >= 0.6 is 11.3 Å². The summed E-state index contributed by atoms with van der Waals surface area (Å²) in [7, 11) is 1.63. The van der Waals surface area contributed by atoms with E-state index >= 15 is 0 Å². The molecule has 1 heterocycles. The van der Waals surface area contributed by atoms with Crippen LogP contribution < -0.4 is 5.06 Å². The summed E-state index contributed by atoms with van der Waals surface area (Å²) in [5, 5.41) is 11.0. The highest BCUT2D eigenvalue weighted by Crippen LogP contribution is 2.23. The predicted molar refractivity (Wildman–Crippen MR) is 43.9 cm³/mol. The Bertz CT molecular complexity index is 207. The summed E-state index contributed by atoms with van der Waals surface area (Å²) in [6.45, 7) is 2.10. The fraction of sp³-hybridized carbons (Fsp3) is 0.429. The van der Waals surface area contributed by atoms with Crippen LogP contribution in [0.3, 0.4) is 0 Å². The van der Waals surface area contributed by atoms with Crippen molar-refractivity contribution in [2.45, 2.75) is 13.3 Å². The summed E-state index contributed by atoms with van der Waals surface area (Å²) in [6.07, 6.45) is 1.04. The van der Waals surface area contributed by atoms with Crippen LogP contribution in [-0.2, 0) is 6.42 Å². The third-order valence-corrected chi connectivity index (χ3v) is 2.61. The van der Waals surface area contributed by atoms with E-state index in [1.165, 1.54) is 4.88 Å². The number of hydroxylamine groups is 1. The van der Waals surface area contributed by atoms with E-state index < -0.39 is 0 Å². The summed E-state index contributed by atoms with van der Waals surface area (Å²) in [5.41, 5.74) is 0. The highest BCUT2D eigenvalue weighted by Gasteiger charge is 1.99. The number of hydrogen-bond donors (Lipinski definition) is 1. The third-order valence-electron chi connectivity index (χ3n) is 1.31. The van der Waals surface area contributed by atoms with Gasteiger partial charge in [-0.1, -0.05) is 6.92 Å². The molecule has 0 atom stereocenters. The Labute approximate surface area is 64.7 Å². The lowest BCUT2D eigenvalue weighted by Gasteiger charge is -2.04. The van der Waals surface area contributed by atoms with Crippen LogP contribution in [0.5, 0.6) is 0 Å². The van der Waals surface area contributed by atoms with Gasteiger partial charge in [0.1, 0.15) is 5.00 Å². The zero-order valence-electron chi connectivity index (χ0n) is 6.16. The average molecular weight is 157 g/mol. The Morgan fingerprint density at radius 2 is 2.30 bits per heavy atom. The molecule has 1 rings (SSSR count). The van der Waals surface area contributed by atoms with Gasteiger partial charge in [-0.05, 0) is 18.6 Å². The number of hydrogen-bond acceptors (Lipinski definition) is 3. The minimum Gasteiger partial charge on any atom is -0.288 e. The first-order chi connectivity index (χ1) is 4.74. The zero-order valence-corrected chi connectivity index (χ0v) is 6.98. The molecule has 0 aliphatic rings. The number of anilines is 1. The van der Waals surface area contributed by atoms with Gasteiger partial charge in [-0.3, -0.25) is 10.3 Å². The van der Waals surface area contributed by atoms with E-state index in [2.05, 4.69) is 6.92 Å². The smallest absolute Gasteiger partial charge is 0.116 e. The van der Waals surface area contributed by atoms with Crippen LogP contribution in [0.25, 0.3) is 0 Å². The van der Waals surface area contributed by atoms with Gasteiger partial charge in [0.05, 0.1) is 0 Å². The predicted octanol–water partition coefficient (Wildman–Crippen LogP) is 2.14. The van der Waals surface area contributed by atoms with Crippen LogP contribution in [0.1, 0.15) is 11.8 Å². The molecule has 0 aromatic carbocycles. The summed E-state index contributed by atoms with van der Waals surface area (Å²) in [5.74, 6) is 0. The molecule has 1 aromatic rings. The molecular weight excluding hydrogens is 146 g/mol. The minimum absolute atomic E-state index is 0.900. The van der Waals surface area contributed by atoms with Crippen molar-refractivity contribution in [1.82, 2.24) is 0 Å². The van der Waals surface area contributed by atoms with E-state index in [9.17, 15) is 0 Å². The van der Waals surface area contributed by atoms with Crippen molar-refractivity contribution >= 4 is 16.3 Å². The first-order valence-corrected chi connectivity index (χ1v) is 4.07. The second-order valence-corrected chi connectivity index (χ2v) is 3.26. The van der Waals surface area contributed by atoms with E-state index in [0.717, 1.165) is 16.5 Å². The molecular formula is C7H11NOS. The van der Waals surface area contributed by atoms with Crippen molar-refractivity contribution in [3.05, 3.63) is 17.0 Å². The van der Waals surface area contributed by atoms with Gasteiger partial charge in [-0.15, -0.1) is 11.3 Å². The minimum atomic E-state index is 0.900. The molecule has 0 amide bonds. The molecule has 3 heteroatoms. The van der Waals surface area contributed by atoms with Crippen molar-refractivity contribution in [1.29, 1.82) is 0 Å². The van der Waals surface area contributed by atoms with Crippen LogP contribution in [0.2, 0.25) is 0 Å². The van der Waals surface area contributed by atoms with Crippen LogP contribution in [-0.4, -0.2) is 12.3 Å². The molecule has 2 nitrogen and oxygen atoms in total. The van der Waals surface area contributed by atoms with Gasteiger partial charge < -0.3 is 0 Å². The molecule has 0 aliphatic heterocycles. The number of aryl methyl sites for hydroxylation is 1. The molecule has 0 bridgehead atoms. The Balaban J connectivity index is 2.78. The van der Waals surface area contributed by atoms with Gasteiger partial charge in [0.15, 0.2) is 0 Å². The summed E-state index contributed by atoms with van der Waals surface area (Å²) in [6, 6.07) is 3.95. The fourth-order valence-corrected chi connectivity index (χ4v) is 1.55. The van der Waals surface area contributed by atoms with Gasteiger partial charge in [-0.2, -0.15) is 0 Å². The van der Waals surface area contributed by atoms with Gasteiger partial charge in [0.25, 0.3) is 0 Å². The molecule has 0 unspecified atom stereocenters. The molecule has 56 valence electrons. The average Bonchev–Trinajstić information content (AvgIpc) is 2.34. The molecule has 0 saturated carbocycles. The summed E-state index contributed by atoms with van der Waals surface area (Å²) < 4.78 is 0. The molecule has 1 aromatic heterocycles. The highest BCUT2D eigenvalue weighted by atomic mass is 32.1. The van der Waals surface area contributed by atoms with Crippen molar-refractivity contribution in [3.63, 3.8) is 0 Å².